The fourth-order valence-corrected chi connectivity index (χ4v) is 2.78. The van der Waals surface area contributed by atoms with Crippen LogP contribution in [0.1, 0.15) is 10.4 Å². The highest BCUT2D eigenvalue weighted by Crippen LogP contribution is 2.22. The van der Waals surface area contributed by atoms with Crippen molar-refractivity contribution >= 4 is 40.8 Å². The Morgan fingerprint density at radius 1 is 1.03 bits per heavy atom. The lowest BCUT2D eigenvalue weighted by Crippen LogP contribution is -2.24. The van der Waals surface area contributed by atoms with Crippen LogP contribution in [0.15, 0.2) is 54.9 Å². The molecule has 0 spiro atoms. The molecule has 0 aliphatic rings. The zero-order valence-corrected chi connectivity index (χ0v) is 16.3. The second-order valence-corrected chi connectivity index (χ2v) is 6.59. The molecule has 3 rings (SSSR count). The molecule has 0 atom stereocenters. The zero-order valence-electron chi connectivity index (χ0n) is 15.5. The van der Waals surface area contributed by atoms with Gasteiger partial charge in [0.2, 0.25) is 11.8 Å². The quantitative estimate of drug-likeness (QED) is 0.435. The summed E-state index contributed by atoms with van der Waals surface area (Å²) < 4.78 is 5.12. The Kier molecular flexibility index (Phi) is 6.79. The second kappa shape index (κ2) is 9.68. The molecule has 2 aromatic carbocycles. The molecule has 154 valence electrons. The van der Waals surface area contributed by atoms with Crippen LogP contribution in [0.5, 0.6) is 0 Å². The van der Waals surface area contributed by atoms with E-state index in [4.69, 9.17) is 16.3 Å². The predicted octanol–water partition coefficient (Wildman–Crippen LogP) is 3.02. The van der Waals surface area contributed by atoms with Gasteiger partial charge in [-0.3, -0.25) is 14.7 Å². The topological polar surface area (TPSA) is 133 Å². The second-order valence-electron chi connectivity index (χ2n) is 6.15. The number of carbonyl (C=O) groups is 3. The molecule has 2 amide bonds. The van der Waals surface area contributed by atoms with E-state index in [0.717, 1.165) is 11.1 Å². The van der Waals surface area contributed by atoms with E-state index in [0.29, 0.717) is 5.69 Å². The normalized spacial score (nSPS) is 10.4. The molecule has 0 unspecified atom stereocenters. The van der Waals surface area contributed by atoms with Crippen molar-refractivity contribution in [3.8, 4) is 11.1 Å². The summed E-state index contributed by atoms with van der Waals surface area (Å²) in [7, 11) is 0. The molecular weight excluding hydrogens is 412 g/mol. The summed E-state index contributed by atoms with van der Waals surface area (Å²) in [6.45, 7) is -0.778. The van der Waals surface area contributed by atoms with Gasteiger partial charge in [-0.25, -0.2) is 4.79 Å². The molecular formula is C20H17ClN4O5. The summed E-state index contributed by atoms with van der Waals surface area (Å²) >= 11 is 5.77. The van der Waals surface area contributed by atoms with Gasteiger partial charge in [-0.1, -0.05) is 23.7 Å². The summed E-state index contributed by atoms with van der Waals surface area (Å²) in [5, 5.41) is 21.1. The Hall–Kier alpha value is -3.69. The van der Waals surface area contributed by atoms with Crippen molar-refractivity contribution in [3.05, 3.63) is 65.4 Å². The Morgan fingerprint density at radius 2 is 1.80 bits per heavy atom. The predicted molar refractivity (Wildman–Crippen MR) is 111 cm³/mol. The van der Waals surface area contributed by atoms with Gasteiger partial charge in [-0.05, 0) is 35.9 Å². The number of H-pyrrole nitrogens is 1. The summed E-state index contributed by atoms with van der Waals surface area (Å²) in [4.78, 5) is 35.3. The summed E-state index contributed by atoms with van der Waals surface area (Å²) in [5.41, 5.74) is 2.26. The molecule has 1 heterocycles. The van der Waals surface area contributed by atoms with Crippen molar-refractivity contribution in [3.63, 3.8) is 0 Å². The molecule has 0 radical (unpaired) electrons. The van der Waals surface area contributed by atoms with Crippen LogP contribution in [0, 0.1) is 0 Å². The van der Waals surface area contributed by atoms with E-state index in [1.807, 2.05) is 6.07 Å². The number of carbonyl (C=O) groups excluding carboxylic acids is 2. The van der Waals surface area contributed by atoms with E-state index in [9.17, 15) is 19.5 Å². The first kappa shape index (κ1) is 21.0. The van der Waals surface area contributed by atoms with Gasteiger partial charge >= 0.3 is 5.97 Å². The fourth-order valence-electron chi connectivity index (χ4n) is 2.61. The van der Waals surface area contributed by atoms with Gasteiger partial charge in [-0.2, -0.15) is 5.10 Å². The number of aromatic nitrogens is 2. The van der Waals surface area contributed by atoms with Crippen molar-refractivity contribution in [2.45, 2.75) is 0 Å². The third-order valence-corrected chi connectivity index (χ3v) is 4.17. The highest BCUT2D eigenvalue weighted by atomic mass is 35.5. The maximum Gasteiger partial charge on any atom is 0.337 e. The van der Waals surface area contributed by atoms with Crippen LogP contribution in [-0.2, 0) is 14.3 Å². The van der Waals surface area contributed by atoms with Gasteiger partial charge in [0, 0.05) is 22.5 Å². The lowest BCUT2D eigenvalue weighted by atomic mass is 10.1. The average molecular weight is 429 g/mol. The number of halogens is 1. The SMILES string of the molecule is O=C(COCC(=O)Nc1ccc(Cl)cc1C(=O)O)Nc1cccc(-c2cn[nH]c2)c1. The number of nitrogens with one attached hydrogen (secondary N) is 3. The van der Waals surface area contributed by atoms with E-state index in [1.54, 1.807) is 30.6 Å². The Bertz CT molecular complexity index is 1070. The van der Waals surface area contributed by atoms with Gasteiger partial charge in [0.15, 0.2) is 0 Å². The highest BCUT2D eigenvalue weighted by Gasteiger charge is 2.14. The first-order chi connectivity index (χ1) is 14.4. The largest absolute Gasteiger partial charge is 0.478 e. The van der Waals surface area contributed by atoms with Gasteiger partial charge in [-0.15, -0.1) is 0 Å². The van der Waals surface area contributed by atoms with Gasteiger partial charge < -0.3 is 20.5 Å². The lowest BCUT2D eigenvalue weighted by Gasteiger charge is -2.10. The molecule has 1 aromatic heterocycles. The van der Waals surface area contributed by atoms with Gasteiger partial charge in [0.05, 0.1) is 17.4 Å². The average Bonchev–Trinajstić information content (AvgIpc) is 3.24. The molecule has 4 N–H and O–H groups in total. The van der Waals surface area contributed by atoms with E-state index < -0.39 is 24.4 Å². The molecule has 30 heavy (non-hydrogen) atoms. The molecule has 10 heteroatoms. The van der Waals surface area contributed by atoms with Gasteiger partial charge in [0.25, 0.3) is 0 Å². The number of aromatic carboxylic acids is 1. The third kappa shape index (κ3) is 5.66. The first-order valence-corrected chi connectivity index (χ1v) is 9.09. The van der Waals surface area contributed by atoms with Crippen LogP contribution in [0.4, 0.5) is 11.4 Å². The number of hydrogen-bond acceptors (Lipinski definition) is 5. The number of nitrogens with zero attached hydrogens (tertiary/aromatic N) is 1. The smallest absolute Gasteiger partial charge is 0.337 e. The fraction of sp³-hybridized carbons (Fsp3) is 0.100. The number of anilines is 2. The van der Waals surface area contributed by atoms with Crippen molar-refractivity contribution in [2.24, 2.45) is 0 Å². The van der Waals surface area contributed by atoms with E-state index in [-0.39, 0.29) is 22.9 Å². The number of benzene rings is 2. The van der Waals surface area contributed by atoms with Crippen molar-refractivity contribution in [1.29, 1.82) is 0 Å². The Morgan fingerprint density at radius 3 is 2.50 bits per heavy atom. The summed E-state index contributed by atoms with van der Waals surface area (Å²) in [5.74, 6) is -2.27. The van der Waals surface area contributed by atoms with E-state index >= 15 is 0 Å². The Labute approximate surface area is 176 Å². The summed E-state index contributed by atoms with van der Waals surface area (Å²) in [6, 6.07) is 11.2. The minimum Gasteiger partial charge on any atom is -0.478 e. The number of carboxylic acid groups (broad SMARTS) is 1. The maximum atomic E-state index is 12.1. The van der Waals surface area contributed by atoms with E-state index in [2.05, 4.69) is 20.8 Å². The van der Waals surface area contributed by atoms with Crippen LogP contribution < -0.4 is 10.6 Å². The number of hydrogen-bond donors (Lipinski definition) is 4. The van der Waals surface area contributed by atoms with Crippen LogP contribution in [0.3, 0.4) is 0 Å². The van der Waals surface area contributed by atoms with Crippen LogP contribution in [0.25, 0.3) is 11.1 Å². The van der Waals surface area contributed by atoms with Crippen molar-refractivity contribution < 1.29 is 24.2 Å². The Balaban J connectivity index is 1.49. The molecule has 0 saturated heterocycles. The van der Waals surface area contributed by atoms with Crippen LogP contribution >= 0.6 is 11.6 Å². The molecule has 0 saturated carbocycles. The van der Waals surface area contributed by atoms with E-state index in [1.165, 1.54) is 18.2 Å². The molecule has 0 fully saturated rings. The molecule has 3 aromatic rings. The summed E-state index contributed by atoms with van der Waals surface area (Å²) in [6.07, 6.45) is 3.40. The van der Waals surface area contributed by atoms with Crippen molar-refractivity contribution in [1.82, 2.24) is 10.2 Å². The molecule has 0 bridgehead atoms. The number of rotatable bonds is 8. The minimum absolute atomic E-state index is 0.0843. The first-order valence-electron chi connectivity index (χ1n) is 8.72. The number of aromatic amines is 1. The van der Waals surface area contributed by atoms with Crippen LogP contribution in [0.2, 0.25) is 5.02 Å². The van der Waals surface area contributed by atoms with Crippen LogP contribution in [-0.4, -0.2) is 46.3 Å². The highest BCUT2D eigenvalue weighted by molar-refractivity contribution is 6.31. The number of amides is 2. The molecule has 0 aliphatic heterocycles. The zero-order chi connectivity index (χ0) is 21.5. The maximum absolute atomic E-state index is 12.1. The monoisotopic (exact) mass is 428 g/mol. The van der Waals surface area contributed by atoms with Gasteiger partial charge in [0.1, 0.15) is 13.2 Å². The number of carboxylic acids is 1. The molecule has 0 aliphatic carbocycles. The third-order valence-electron chi connectivity index (χ3n) is 3.93. The lowest BCUT2D eigenvalue weighted by molar-refractivity contribution is -0.125. The number of ether oxygens (including phenoxy) is 1. The molecule has 9 nitrogen and oxygen atoms in total. The van der Waals surface area contributed by atoms with Crippen molar-refractivity contribution in [2.75, 3.05) is 23.8 Å². The minimum atomic E-state index is -1.23. The standard InChI is InChI=1S/C20H17ClN4O5/c21-14-4-5-17(16(7-14)20(28)29)25-19(27)11-30-10-18(26)24-15-3-1-2-12(6-15)13-8-22-23-9-13/h1-9H,10-11H2,(H,22,23)(H,24,26)(H,25,27)(H,28,29).